The number of carbonyl (C=O) groups is 1. The SMILES string of the molecule is COC1=C(C(C)C)c2nc(Nc3ccc(N4CCN(CCC=O)CC4)cc3)ncc2CC1. The summed E-state index contributed by atoms with van der Waals surface area (Å²) >= 11 is 0. The molecule has 1 aromatic carbocycles. The number of carbonyl (C=O) groups excluding carboxylic acids is 1. The van der Waals surface area contributed by atoms with Gasteiger partial charge in [0.2, 0.25) is 5.95 Å². The van der Waals surface area contributed by atoms with E-state index in [1.165, 1.54) is 16.8 Å². The number of aldehydes is 1. The summed E-state index contributed by atoms with van der Waals surface area (Å²) in [6.07, 6.45) is 5.37. The molecule has 1 aliphatic heterocycles. The van der Waals surface area contributed by atoms with E-state index < -0.39 is 0 Å². The van der Waals surface area contributed by atoms with E-state index in [2.05, 4.69) is 58.2 Å². The molecule has 1 aliphatic carbocycles. The maximum absolute atomic E-state index is 10.6. The molecule has 0 spiro atoms. The number of fused-ring (bicyclic) bond motifs is 1. The summed E-state index contributed by atoms with van der Waals surface area (Å²) in [5.41, 5.74) is 5.55. The molecule has 7 heteroatoms. The van der Waals surface area contributed by atoms with Crippen LogP contribution in [-0.2, 0) is 16.0 Å². The highest BCUT2D eigenvalue weighted by Crippen LogP contribution is 2.35. The van der Waals surface area contributed by atoms with Crippen LogP contribution in [0.5, 0.6) is 0 Å². The van der Waals surface area contributed by atoms with E-state index in [-0.39, 0.29) is 0 Å². The molecule has 1 fully saturated rings. The molecule has 0 amide bonds. The minimum atomic E-state index is 0.338. The molecular weight excluding hydrogens is 402 g/mol. The van der Waals surface area contributed by atoms with Gasteiger partial charge in [-0.25, -0.2) is 9.97 Å². The van der Waals surface area contributed by atoms with Crippen LogP contribution in [0.2, 0.25) is 0 Å². The average molecular weight is 436 g/mol. The number of rotatable bonds is 8. The summed E-state index contributed by atoms with van der Waals surface area (Å²) in [6, 6.07) is 8.45. The highest BCUT2D eigenvalue weighted by atomic mass is 16.5. The van der Waals surface area contributed by atoms with Gasteiger partial charge in [-0.1, -0.05) is 13.8 Å². The lowest BCUT2D eigenvalue weighted by molar-refractivity contribution is -0.108. The van der Waals surface area contributed by atoms with E-state index in [0.29, 0.717) is 18.3 Å². The molecule has 2 heterocycles. The fourth-order valence-corrected chi connectivity index (χ4v) is 4.56. The van der Waals surface area contributed by atoms with Gasteiger partial charge in [0.25, 0.3) is 0 Å². The normalized spacial score (nSPS) is 16.8. The number of ether oxygens (including phenoxy) is 1. The van der Waals surface area contributed by atoms with Crippen LogP contribution in [0.4, 0.5) is 17.3 Å². The van der Waals surface area contributed by atoms with Gasteiger partial charge in [0.1, 0.15) is 12.0 Å². The number of hydrogen-bond donors (Lipinski definition) is 1. The van der Waals surface area contributed by atoms with Gasteiger partial charge in [0, 0.05) is 68.7 Å². The Balaban J connectivity index is 1.43. The second-order valence-corrected chi connectivity index (χ2v) is 8.72. The first-order chi connectivity index (χ1) is 15.6. The van der Waals surface area contributed by atoms with Crippen LogP contribution in [0.25, 0.3) is 5.57 Å². The van der Waals surface area contributed by atoms with Crippen molar-refractivity contribution in [2.45, 2.75) is 33.1 Å². The Morgan fingerprint density at radius 2 is 1.88 bits per heavy atom. The van der Waals surface area contributed by atoms with Crippen molar-refractivity contribution in [3.8, 4) is 0 Å². The second-order valence-electron chi connectivity index (χ2n) is 8.72. The third-order valence-electron chi connectivity index (χ3n) is 6.29. The van der Waals surface area contributed by atoms with Gasteiger partial charge in [0.05, 0.1) is 12.8 Å². The maximum atomic E-state index is 10.6. The van der Waals surface area contributed by atoms with E-state index in [1.54, 1.807) is 7.11 Å². The highest BCUT2D eigenvalue weighted by Gasteiger charge is 2.24. The zero-order chi connectivity index (χ0) is 22.5. The smallest absolute Gasteiger partial charge is 0.227 e. The standard InChI is InChI=1S/C25H33N5O2/c1-18(2)23-22(32-3)10-5-19-17-26-25(28-24(19)23)27-20-6-8-21(9-7-20)30-14-12-29(13-15-30)11-4-16-31/h6-9,16-18H,4-5,10-15H2,1-3H3,(H,26,27,28). The summed E-state index contributed by atoms with van der Waals surface area (Å²) in [5, 5.41) is 3.36. The first kappa shape index (κ1) is 22.3. The van der Waals surface area contributed by atoms with Gasteiger partial charge in [-0.05, 0) is 42.2 Å². The summed E-state index contributed by atoms with van der Waals surface area (Å²) in [4.78, 5) is 24.7. The van der Waals surface area contributed by atoms with Crippen molar-refractivity contribution in [1.82, 2.24) is 14.9 Å². The number of benzene rings is 1. The Morgan fingerprint density at radius 1 is 1.12 bits per heavy atom. The molecule has 0 radical (unpaired) electrons. The van der Waals surface area contributed by atoms with Crippen molar-refractivity contribution in [1.29, 1.82) is 0 Å². The molecule has 2 aliphatic rings. The van der Waals surface area contributed by atoms with Crippen molar-refractivity contribution >= 4 is 29.2 Å². The number of aromatic nitrogens is 2. The third-order valence-corrected chi connectivity index (χ3v) is 6.29. The van der Waals surface area contributed by atoms with Crippen LogP contribution in [0.1, 0.15) is 37.9 Å². The average Bonchev–Trinajstić information content (AvgIpc) is 2.82. The van der Waals surface area contributed by atoms with Crippen molar-refractivity contribution in [2.75, 3.05) is 50.1 Å². The molecule has 170 valence electrons. The Hall–Kier alpha value is -2.93. The second kappa shape index (κ2) is 10.1. The molecule has 0 bridgehead atoms. The topological polar surface area (TPSA) is 70.6 Å². The lowest BCUT2D eigenvalue weighted by atomic mass is 9.88. The fourth-order valence-electron chi connectivity index (χ4n) is 4.56. The van der Waals surface area contributed by atoms with Crippen LogP contribution < -0.4 is 10.2 Å². The molecule has 0 saturated carbocycles. The number of aryl methyl sites for hydroxylation is 1. The molecule has 1 saturated heterocycles. The molecule has 0 unspecified atom stereocenters. The quantitative estimate of drug-likeness (QED) is 0.631. The Kier molecular flexibility index (Phi) is 7.05. The van der Waals surface area contributed by atoms with E-state index in [4.69, 9.17) is 9.72 Å². The van der Waals surface area contributed by atoms with Crippen molar-refractivity contribution in [3.63, 3.8) is 0 Å². The van der Waals surface area contributed by atoms with Crippen LogP contribution in [0.15, 0.2) is 36.2 Å². The Morgan fingerprint density at radius 3 is 2.53 bits per heavy atom. The molecule has 7 nitrogen and oxygen atoms in total. The number of anilines is 3. The molecular formula is C25H33N5O2. The highest BCUT2D eigenvalue weighted by molar-refractivity contribution is 5.71. The van der Waals surface area contributed by atoms with Gasteiger partial charge in [-0.2, -0.15) is 0 Å². The monoisotopic (exact) mass is 435 g/mol. The molecule has 1 N–H and O–H groups in total. The predicted octanol–water partition coefficient (Wildman–Crippen LogP) is 3.89. The van der Waals surface area contributed by atoms with Crippen LogP contribution in [-0.4, -0.2) is 61.0 Å². The molecule has 4 rings (SSSR count). The largest absolute Gasteiger partial charge is 0.501 e. The van der Waals surface area contributed by atoms with E-state index in [1.807, 2.05) is 6.20 Å². The van der Waals surface area contributed by atoms with E-state index in [9.17, 15) is 4.79 Å². The van der Waals surface area contributed by atoms with Crippen LogP contribution >= 0.6 is 0 Å². The van der Waals surface area contributed by atoms with E-state index >= 15 is 0 Å². The van der Waals surface area contributed by atoms with Crippen molar-refractivity contribution in [2.24, 2.45) is 5.92 Å². The number of nitrogens with zero attached hydrogens (tertiary/aromatic N) is 4. The number of allylic oxidation sites excluding steroid dienone is 2. The first-order valence-electron chi connectivity index (χ1n) is 11.5. The van der Waals surface area contributed by atoms with E-state index in [0.717, 1.165) is 69.0 Å². The molecule has 2 aromatic rings. The summed E-state index contributed by atoms with van der Waals surface area (Å²) in [5.74, 6) is 1.98. The van der Waals surface area contributed by atoms with Crippen molar-refractivity contribution < 1.29 is 9.53 Å². The summed E-state index contributed by atoms with van der Waals surface area (Å²) < 4.78 is 5.65. The Bertz CT molecular complexity index is 963. The van der Waals surface area contributed by atoms with Crippen molar-refractivity contribution in [3.05, 3.63) is 47.5 Å². The molecule has 0 atom stereocenters. The van der Waals surface area contributed by atoms with Crippen LogP contribution in [0, 0.1) is 5.92 Å². The Labute approximate surface area is 190 Å². The molecule has 32 heavy (non-hydrogen) atoms. The lowest BCUT2D eigenvalue weighted by Gasteiger charge is -2.35. The lowest BCUT2D eigenvalue weighted by Crippen LogP contribution is -2.46. The number of hydrogen-bond acceptors (Lipinski definition) is 7. The van der Waals surface area contributed by atoms with Crippen LogP contribution in [0.3, 0.4) is 0 Å². The number of methoxy groups -OCH3 is 1. The van der Waals surface area contributed by atoms with Gasteiger partial charge < -0.3 is 19.7 Å². The van der Waals surface area contributed by atoms with Gasteiger partial charge in [0.15, 0.2) is 0 Å². The maximum Gasteiger partial charge on any atom is 0.227 e. The number of piperazine rings is 1. The first-order valence-corrected chi connectivity index (χ1v) is 11.5. The molecule has 1 aromatic heterocycles. The fraction of sp³-hybridized carbons (Fsp3) is 0.480. The van der Waals surface area contributed by atoms with Gasteiger partial charge >= 0.3 is 0 Å². The zero-order valence-corrected chi connectivity index (χ0v) is 19.3. The number of nitrogens with one attached hydrogen (secondary N) is 1. The zero-order valence-electron chi connectivity index (χ0n) is 19.3. The third kappa shape index (κ3) is 4.93. The summed E-state index contributed by atoms with van der Waals surface area (Å²) in [7, 11) is 1.75. The minimum Gasteiger partial charge on any atom is -0.501 e. The summed E-state index contributed by atoms with van der Waals surface area (Å²) in [6.45, 7) is 9.16. The predicted molar refractivity (Wildman–Crippen MR) is 128 cm³/mol. The van der Waals surface area contributed by atoms with Gasteiger partial charge in [-0.15, -0.1) is 0 Å². The van der Waals surface area contributed by atoms with Gasteiger partial charge in [-0.3, -0.25) is 4.90 Å². The minimum absolute atomic E-state index is 0.338.